The Kier molecular flexibility index (Phi) is 3.49. The van der Waals surface area contributed by atoms with Gasteiger partial charge >= 0.3 is 6.03 Å². The summed E-state index contributed by atoms with van der Waals surface area (Å²) in [7, 11) is 0. The number of benzene rings is 1. The summed E-state index contributed by atoms with van der Waals surface area (Å²) < 4.78 is 5.43. The molecule has 23 heavy (non-hydrogen) atoms. The van der Waals surface area contributed by atoms with Gasteiger partial charge in [-0.15, -0.1) is 0 Å². The van der Waals surface area contributed by atoms with Crippen molar-refractivity contribution in [1.82, 2.24) is 10.3 Å². The van der Waals surface area contributed by atoms with Gasteiger partial charge in [0.15, 0.2) is 11.5 Å². The fourth-order valence-corrected chi connectivity index (χ4v) is 4.34. The van der Waals surface area contributed by atoms with Gasteiger partial charge in [-0.2, -0.15) is 0 Å². The largest absolute Gasteiger partial charge is 0.441 e. The van der Waals surface area contributed by atoms with Crippen LogP contribution in [0, 0.1) is 24.7 Å². The minimum Gasteiger partial charge on any atom is -0.441 e. The maximum absolute atomic E-state index is 12.3. The van der Waals surface area contributed by atoms with Crippen LogP contribution in [0.5, 0.6) is 0 Å². The summed E-state index contributed by atoms with van der Waals surface area (Å²) >= 11 is 0. The maximum atomic E-state index is 12.3. The van der Waals surface area contributed by atoms with Gasteiger partial charge in [-0.25, -0.2) is 9.78 Å². The van der Waals surface area contributed by atoms with Crippen LogP contribution in [0.3, 0.4) is 0 Å². The van der Waals surface area contributed by atoms with E-state index in [-0.39, 0.29) is 24.6 Å². The monoisotopic (exact) mass is 315 g/mol. The van der Waals surface area contributed by atoms with Gasteiger partial charge in [-0.3, -0.25) is 0 Å². The predicted molar refractivity (Wildman–Crippen MR) is 86.1 cm³/mol. The van der Waals surface area contributed by atoms with E-state index in [4.69, 9.17) is 4.42 Å². The number of hydrogen-bond donors (Lipinski definition) is 3. The number of oxazole rings is 1. The molecule has 2 aliphatic rings. The van der Waals surface area contributed by atoms with Crippen molar-refractivity contribution in [3.8, 4) is 0 Å². The third kappa shape index (κ3) is 2.57. The number of rotatable bonds is 3. The fraction of sp³-hybridized carbons (Fsp3) is 0.529. The first kappa shape index (κ1) is 14.5. The number of nitrogens with one attached hydrogen (secondary N) is 2. The van der Waals surface area contributed by atoms with Crippen LogP contribution in [0.1, 0.15) is 25.2 Å². The Balaban J connectivity index is 1.44. The van der Waals surface area contributed by atoms with Gasteiger partial charge in [0.2, 0.25) is 0 Å². The van der Waals surface area contributed by atoms with Crippen LogP contribution in [0.25, 0.3) is 11.1 Å². The summed E-state index contributed by atoms with van der Waals surface area (Å²) in [5, 5.41) is 15.5. The molecule has 0 spiro atoms. The predicted octanol–water partition coefficient (Wildman–Crippen LogP) is 2.66. The number of anilines is 1. The normalized spacial score (nSPS) is 29.1. The van der Waals surface area contributed by atoms with Gasteiger partial charge in [0.25, 0.3) is 0 Å². The van der Waals surface area contributed by atoms with E-state index in [1.807, 2.05) is 0 Å². The second kappa shape index (κ2) is 5.53. The van der Waals surface area contributed by atoms with Gasteiger partial charge in [0, 0.05) is 31.2 Å². The first-order valence-electron chi connectivity index (χ1n) is 8.19. The molecule has 2 saturated carbocycles. The maximum Gasteiger partial charge on any atom is 0.319 e. The number of urea groups is 1. The van der Waals surface area contributed by atoms with Crippen molar-refractivity contribution in [2.75, 3.05) is 11.9 Å². The molecule has 2 aliphatic carbocycles. The highest BCUT2D eigenvalue weighted by molar-refractivity contribution is 5.91. The summed E-state index contributed by atoms with van der Waals surface area (Å²) in [6.45, 7) is 1.94. The average molecular weight is 315 g/mol. The molecular weight excluding hydrogens is 294 g/mol. The Bertz CT molecular complexity index is 742. The van der Waals surface area contributed by atoms with Crippen molar-refractivity contribution < 1.29 is 14.3 Å². The van der Waals surface area contributed by atoms with Crippen LogP contribution >= 0.6 is 0 Å². The molecule has 0 aliphatic heterocycles. The first-order valence-corrected chi connectivity index (χ1v) is 8.19. The molecule has 1 aromatic heterocycles. The first-order chi connectivity index (χ1) is 11.1. The van der Waals surface area contributed by atoms with Gasteiger partial charge < -0.3 is 20.2 Å². The summed E-state index contributed by atoms with van der Waals surface area (Å²) in [6, 6.07) is 5.27. The molecule has 2 aromatic rings. The lowest BCUT2D eigenvalue weighted by molar-refractivity contribution is 0.146. The highest BCUT2D eigenvalue weighted by atomic mass is 16.3. The van der Waals surface area contributed by atoms with Crippen molar-refractivity contribution in [2.45, 2.75) is 32.2 Å². The van der Waals surface area contributed by atoms with E-state index in [0.29, 0.717) is 29.0 Å². The van der Waals surface area contributed by atoms with Gasteiger partial charge in [0.05, 0.1) is 0 Å². The standard InChI is InChI=1S/C17H21N3O3/c1-9-18-14-7-12(4-5-15(14)23-9)19-17(22)20-16-11-3-2-10(6-11)13(16)8-21/h4-5,7,10-11,13,16,21H,2-3,6,8H2,1H3,(H2,19,20,22). The third-order valence-corrected chi connectivity index (χ3v) is 5.35. The molecule has 2 amide bonds. The number of aliphatic hydroxyl groups is 1. The molecule has 4 atom stereocenters. The number of carbonyl (C=O) groups excluding carboxylic acids is 1. The third-order valence-electron chi connectivity index (χ3n) is 5.35. The Morgan fingerprint density at radius 2 is 2.22 bits per heavy atom. The minimum absolute atomic E-state index is 0.0803. The van der Waals surface area contributed by atoms with E-state index < -0.39 is 0 Å². The molecule has 4 unspecified atom stereocenters. The number of carbonyl (C=O) groups is 1. The molecule has 1 heterocycles. The highest BCUT2D eigenvalue weighted by Crippen LogP contribution is 2.48. The lowest BCUT2D eigenvalue weighted by Gasteiger charge is -2.30. The minimum atomic E-state index is -0.222. The quantitative estimate of drug-likeness (QED) is 0.812. The van der Waals surface area contributed by atoms with E-state index in [1.54, 1.807) is 25.1 Å². The van der Waals surface area contributed by atoms with E-state index in [2.05, 4.69) is 15.6 Å². The van der Waals surface area contributed by atoms with Crippen molar-refractivity contribution in [2.24, 2.45) is 17.8 Å². The summed E-state index contributed by atoms with van der Waals surface area (Å²) in [4.78, 5) is 16.6. The van der Waals surface area contributed by atoms with E-state index in [0.717, 1.165) is 18.4 Å². The van der Waals surface area contributed by atoms with Crippen LogP contribution in [-0.2, 0) is 0 Å². The number of hydrogen-bond acceptors (Lipinski definition) is 4. The van der Waals surface area contributed by atoms with Crippen molar-refractivity contribution >= 4 is 22.8 Å². The number of fused-ring (bicyclic) bond motifs is 3. The SMILES string of the molecule is Cc1nc2cc(NC(=O)NC3C4CCC(C4)C3CO)ccc2o1. The zero-order valence-electron chi connectivity index (χ0n) is 13.1. The molecule has 4 rings (SSSR count). The Labute approximate surface area is 134 Å². The van der Waals surface area contributed by atoms with Crippen molar-refractivity contribution in [1.29, 1.82) is 0 Å². The Hall–Kier alpha value is -2.08. The smallest absolute Gasteiger partial charge is 0.319 e. The van der Waals surface area contributed by atoms with E-state index in [1.165, 1.54) is 6.42 Å². The van der Waals surface area contributed by atoms with E-state index >= 15 is 0 Å². The van der Waals surface area contributed by atoms with Crippen molar-refractivity contribution in [3.05, 3.63) is 24.1 Å². The molecule has 2 fully saturated rings. The lowest BCUT2D eigenvalue weighted by Crippen LogP contribution is -2.46. The zero-order valence-corrected chi connectivity index (χ0v) is 13.1. The molecule has 2 bridgehead atoms. The van der Waals surface area contributed by atoms with E-state index in [9.17, 15) is 9.90 Å². The zero-order chi connectivity index (χ0) is 16.0. The molecule has 0 radical (unpaired) electrons. The van der Waals surface area contributed by atoms with Crippen LogP contribution in [0.15, 0.2) is 22.6 Å². The van der Waals surface area contributed by atoms with Gasteiger partial charge in [-0.1, -0.05) is 0 Å². The second-order valence-corrected chi connectivity index (χ2v) is 6.72. The van der Waals surface area contributed by atoms with Gasteiger partial charge in [-0.05, 0) is 49.3 Å². The summed E-state index contributed by atoms with van der Waals surface area (Å²) in [6.07, 6.45) is 3.45. The molecule has 3 N–H and O–H groups in total. The number of amides is 2. The topological polar surface area (TPSA) is 87.4 Å². The number of aliphatic hydroxyl groups excluding tert-OH is 1. The number of aromatic nitrogens is 1. The van der Waals surface area contributed by atoms with Crippen LogP contribution in [0.4, 0.5) is 10.5 Å². The van der Waals surface area contributed by atoms with Gasteiger partial charge in [0.1, 0.15) is 5.52 Å². The molecule has 1 aromatic carbocycles. The molecule has 6 heteroatoms. The molecule has 122 valence electrons. The lowest BCUT2D eigenvalue weighted by atomic mass is 9.85. The highest BCUT2D eigenvalue weighted by Gasteiger charge is 2.47. The van der Waals surface area contributed by atoms with Crippen LogP contribution in [0.2, 0.25) is 0 Å². The average Bonchev–Trinajstić information content (AvgIpc) is 3.19. The molecular formula is C17H21N3O3. The summed E-state index contributed by atoms with van der Waals surface area (Å²) in [5.41, 5.74) is 2.13. The van der Waals surface area contributed by atoms with Crippen molar-refractivity contribution in [3.63, 3.8) is 0 Å². The van der Waals surface area contributed by atoms with Crippen LogP contribution < -0.4 is 10.6 Å². The number of nitrogens with zero attached hydrogens (tertiary/aromatic N) is 1. The Morgan fingerprint density at radius 3 is 3.04 bits per heavy atom. The number of aryl methyl sites for hydroxylation is 1. The van der Waals surface area contributed by atoms with Crippen LogP contribution in [-0.4, -0.2) is 28.8 Å². The fourth-order valence-electron chi connectivity index (χ4n) is 4.34. The summed E-state index contributed by atoms with van der Waals surface area (Å²) in [5.74, 6) is 1.86. The second-order valence-electron chi connectivity index (χ2n) is 6.72. The Morgan fingerprint density at radius 1 is 1.39 bits per heavy atom. The molecule has 0 saturated heterocycles. The molecule has 6 nitrogen and oxygen atoms in total.